The maximum absolute atomic E-state index is 13.2. The van der Waals surface area contributed by atoms with Gasteiger partial charge in [-0.1, -0.05) is 28.6 Å². The van der Waals surface area contributed by atoms with Gasteiger partial charge in [0.1, 0.15) is 6.61 Å². The Morgan fingerprint density at radius 3 is 2.06 bits per heavy atom. The lowest BCUT2D eigenvalue weighted by Gasteiger charge is -2.43. The highest BCUT2D eigenvalue weighted by Crippen LogP contribution is 2.26. The van der Waals surface area contributed by atoms with Gasteiger partial charge < -0.3 is 10.2 Å². The van der Waals surface area contributed by atoms with E-state index in [2.05, 4.69) is 11.8 Å². The molecule has 0 spiro atoms. The molecule has 0 saturated carbocycles. The predicted octanol–water partition coefficient (Wildman–Crippen LogP) is -0.883. The van der Waals surface area contributed by atoms with Crippen LogP contribution in [0.15, 0.2) is 35.2 Å². The number of hydrogen-bond acceptors (Lipinski definition) is 8. The average molecular weight is 504 g/mol. The highest BCUT2D eigenvalue weighted by molar-refractivity contribution is 7.89. The van der Waals surface area contributed by atoms with Crippen molar-refractivity contribution in [1.29, 1.82) is 0 Å². The van der Waals surface area contributed by atoms with Crippen LogP contribution in [-0.2, 0) is 34.5 Å². The molecule has 1 heterocycles. The number of hydrogen-bond donors (Lipinski definition) is 2. The van der Waals surface area contributed by atoms with E-state index in [0.29, 0.717) is 4.47 Å². The molecular weight excluding hydrogens is 478 g/mol. The fourth-order valence-corrected chi connectivity index (χ4v) is 5.38. The highest BCUT2D eigenvalue weighted by Gasteiger charge is 2.56. The molecule has 2 N–H and O–H groups in total. The summed E-state index contributed by atoms with van der Waals surface area (Å²) in [5.74, 6) is 1.35. The van der Waals surface area contributed by atoms with E-state index in [1.165, 1.54) is 31.2 Å². The van der Waals surface area contributed by atoms with E-state index in [1.807, 2.05) is 0 Å². The number of carbonyl (C=O) groups is 2. The number of rotatable bonds is 10. The first-order valence-corrected chi connectivity index (χ1v) is 12.9. The number of nitrogens with zero attached hydrogens (tertiary/aromatic N) is 3. The maximum Gasteiger partial charge on any atom is 0.337 e. The Kier molecular flexibility index (Phi) is 8.57. The topological polar surface area (TPSA) is 162 Å². The summed E-state index contributed by atoms with van der Waals surface area (Å²) in [7, 11) is -8.04. The average Bonchev–Trinajstić information content (AvgIpc) is 2.75. The van der Waals surface area contributed by atoms with E-state index >= 15 is 0 Å². The number of hydroxylamine groups is 1. The van der Waals surface area contributed by atoms with Crippen LogP contribution in [0.4, 0.5) is 0 Å². The summed E-state index contributed by atoms with van der Waals surface area (Å²) in [6, 6.07) is 6.98. The van der Waals surface area contributed by atoms with Gasteiger partial charge in [0, 0.05) is 26.2 Å². The monoisotopic (exact) mass is 503 g/mol. The smallest absolute Gasteiger partial charge is 0.337 e. The lowest BCUT2D eigenvalue weighted by atomic mass is 9.96. The van der Waals surface area contributed by atoms with Crippen molar-refractivity contribution in [1.82, 2.24) is 13.7 Å². The molecule has 1 aromatic rings. The molecule has 0 aliphatic carbocycles. The van der Waals surface area contributed by atoms with Crippen molar-refractivity contribution >= 4 is 32.0 Å². The molecule has 2 rings (SSSR count). The molecule has 1 fully saturated rings. The van der Waals surface area contributed by atoms with Crippen LogP contribution in [0, 0.1) is 11.8 Å². The van der Waals surface area contributed by atoms with Crippen molar-refractivity contribution in [3.63, 3.8) is 0 Å². The first-order valence-electron chi connectivity index (χ1n) is 9.64. The molecule has 1 aliphatic heterocycles. The normalized spacial score (nSPS) is 16.2. The van der Waals surface area contributed by atoms with E-state index in [1.54, 1.807) is 6.07 Å². The number of carboxylic acids is 2. The molecule has 0 amide bonds. The second-order valence-corrected chi connectivity index (χ2v) is 10.9. The van der Waals surface area contributed by atoms with E-state index < -0.39 is 50.7 Å². The molecule has 0 aromatic heterocycles. The Morgan fingerprint density at radius 1 is 1.06 bits per heavy atom. The van der Waals surface area contributed by atoms with Crippen LogP contribution >= 0.6 is 0 Å². The molecule has 182 valence electrons. The Hall–Kier alpha value is -2.54. The zero-order valence-corrected chi connectivity index (χ0v) is 19.7. The second kappa shape index (κ2) is 10.6. The van der Waals surface area contributed by atoms with Crippen LogP contribution in [0.5, 0.6) is 0 Å². The van der Waals surface area contributed by atoms with Gasteiger partial charge >= 0.3 is 11.9 Å². The molecular formula is C19H25N3O9S2. The van der Waals surface area contributed by atoms with Gasteiger partial charge in [-0.25, -0.2) is 26.4 Å². The van der Waals surface area contributed by atoms with E-state index in [9.17, 15) is 36.6 Å². The molecule has 0 atom stereocenters. The zero-order chi connectivity index (χ0) is 24.9. The minimum atomic E-state index is -4.47. The lowest BCUT2D eigenvalue weighted by Crippen LogP contribution is -2.69. The van der Waals surface area contributed by atoms with Gasteiger partial charge in [-0.05, 0) is 19.1 Å². The van der Waals surface area contributed by atoms with E-state index in [-0.39, 0.29) is 31.1 Å². The molecule has 12 nitrogen and oxygen atoms in total. The van der Waals surface area contributed by atoms with Gasteiger partial charge in [-0.2, -0.15) is 4.31 Å². The largest absolute Gasteiger partial charge is 0.479 e. The Balaban J connectivity index is 2.49. The van der Waals surface area contributed by atoms with Crippen LogP contribution in [-0.4, -0.2) is 104 Å². The number of sulfonamides is 2. The third-order valence-corrected chi connectivity index (χ3v) is 8.02. The molecule has 0 bridgehead atoms. The highest BCUT2D eigenvalue weighted by atomic mass is 32.2. The Labute approximate surface area is 192 Å². The van der Waals surface area contributed by atoms with E-state index in [4.69, 9.17) is 4.84 Å². The van der Waals surface area contributed by atoms with Gasteiger partial charge in [0.05, 0.1) is 17.7 Å². The summed E-state index contributed by atoms with van der Waals surface area (Å²) in [5.41, 5.74) is -2.74. The van der Waals surface area contributed by atoms with Gasteiger partial charge in [0.25, 0.3) is 10.0 Å². The van der Waals surface area contributed by atoms with Gasteiger partial charge in [-0.15, -0.1) is 5.92 Å². The summed E-state index contributed by atoms with van der Waals surface area (Å²) in [4.78, 5) is 30.7. The van der Waals surface area contributed by atoms with Crippen LogP contribution in [0.25, 0.3) is 0 Å². The van der Waals surface area contributed by atoms with Crippen molar-refractivity contribution in [2.75, 3.05) is 45.6 Å². The third kappa shape index (κ3) is 5.88. The maximum atomic E-state index is 13.2. The van der Waals surface area contributed by atoms with Crippen molar-refractivity contribution in [2.24, 2.45) is 0 Å². The summed E-state index contributed by atoms with van der Waals surface area (Å²) in [6.07, 6.45) is 0.987. The van der Waals surface area contributed by atoms with Crippen molar-refractivity contribution in [2.45, 2.75) is 17.4 Å². The molecule has 1 aliphatic rings. The molecule has 0 unspecified atom stereocenters. The molecule has 1 saturated heterocycles. The number of carboxylic acid groups (broad SMARTS) is 2. The van der Waals surface area contributed by atoms with Crippen molar-refractivity contribution in [3.05, 3.63) is 30.3 Å². The summed E-state index contributed by atoms with van der Waals surface area (Å²) < 4.78 is 51.3. The van der Waals surface area contributed by atoms with Crippen molar-refractivity contribution < 1.29 is 41.5 Å². The van der Waals surface area contributed by atoms with Crippen LogP contribution < -0.4 is 0 Å². The van der Waals surface area contributed by atoms with Gasteiger partial charge in [0.2, 0.25) is 15.6 Å². The zero-order valence-electron chi connectivity index (χ0n) is 18.0. The summed E-state index contributed by atoms with van der Waals surface area (Å²) in [6.45, 7) is -0.860. The molecule has 1 aromatic carbocycles. The van der Waals surface area contributed by atoms with Gasteiger partial charge in [0.15, 0.2) is 0 Å². The number of benzene rings is 1. The fraction of sp³-hybridized carbons (Fsp3) is 0.474. The van der Waals surface area contributed by atoms with Crippen LogP contribution in [0.1, 0.15) is 6.92 Å². The SMILES string of the molecule is CC#CCON(CC(C(=O)O)(C(=O)O)N1CCN(S(C)(=O)=O)CC1)S(=O)(=O)c1ccccc1. The number of piperazine rings is 1. The second-order valence-electron chi connectivity index (χ2n) is 7.10. The van der Waals surface area contributed by atoms with Crippen molar-refractivity contribution in [3.8, 4) is 11.8 Å². The minimum absolute atomic E-state index is 0.158. The Bertz CT molecular complexity index is 1120. The standard InChI is InChI=1S/C19H25N3O9S2/c1-3-4-14-31-22(33(29,30)16-8-6-5-7-9-16)15-19(17(23)24,18(25)26)20-10-12-21(13-11-20)32(2,27)28/h5-9H,10-15H2,1-2H3,(H,23,24)(H,25,26). The summed E-state index contributed by atoms with van der Waals surface area (Å²) in [5, 5.41) is 19.9. The number of aliphatic carboxylic acids is 2. The lowest BCUT2D eigenvalue weighted by molar-refractivity contribution is -0.178. The van der Waals surface area contributed by atoms with Crippen LogP contribution in [0.3, 0.4) is 0 Å². The van der Waals surface area contributed by atoms with E-state index in [0.717, 1.165) is 15.5 Å². The molecule has 33 heavy (non-hydrogen) atoms. The van der Waals surface area contributed by atoms with Gasteiger partial charge in [-0.3, -0.25) is 9.74 Å². The Morgan fingerprint density at radius 2 is 1.61 bits per heavy atom. The summed E-state index contributed by atoms with van der Waals surface area (Å²) >= 11 is 0. The quantitative estimate of drug-likeness (QED) is 0.233. The third-order valence-electron chi connectivity index (χ3n) is 5.08. The van der Waals surface area contributed by atoms with Crippen LogP contribution in [0.2, 0.25) is 0 Å². The first-order chi connectivity index (χ1) is 15.4. The molecule has 0 radical (unpaired) electrons. The minimum Gasteiger partial charge on any atom is -0.479 e. The predicted molar refractivity (Wildman–Crippen MR) is 116 cm³/mol. The molecule has 14 heteroatoms. The first kappa shape index (κ1) is 26.7. The fourth-order valence-electron chi connectivity index (χ4n) is 3.27.